The van der Waals surface area contributed by atoms with Crippen LogP contribution >= 0.6 is 47.0 Å². The van der Waals surface area contributed by atoms with Crippen LogP contribution in [0.25, 0.3) is 0 Å². The van der Waals surface area contributed by atoms with E-state index in [2.05, 4.69) is 6.07 Å². The van der Waals surface area contributed by atoms with Crippen molar-refractivity contribution in [2.75, 3.05) is 33.0 Å². The molecule has 3 rings (SSSR count). The van der Waals surface area contributed by atoms with Gasteiger partial charge in [0.05, 0.1) is 66.1 Å². The fourth-order valence-electron chi connectivity index (χ4n) is 3.34. The van der Waals surface area contributed by atoms with Gasteiger partial charge < -0.3 is 23.7 Å². The van der Waals surface area contributed by atoms with Crippen molar-refractivity contribution < 1.29 is 47.8 Å². The molecule has 2 aliphatic heterocycles. The van der Waals surface area contributed by atoms with Crippen LogP contribution in [0.4, 0.5) is 9.59 Å². The standard InChI is InChI=1S/C28H30N2O10S4/c1-5-9-11-35-27(32)39-18-20-21(42-25(41-20)16(13-29)15-38-37-8-4)19(40-28(33)36-12-10-6-2)23-22(18)43-26(44-23)17(14-30)24(31)34-7-3/h5-12,15H2,1-4H3. The summed E-state index contributed by atoms with van der Waals surface area (Å²) < 4.78 is 27.7. The van der Waals surface area contributed by atoms with Crippen molar-refractivity contribution in [2.45, 2.75) is 73.0 Å². The van der Waals surface area contributed by atoms with E-state index >= 15 is 0 Å². The molecule has 16 heteroatoms. The van der Waals surface area contributed by atoms with E-state index in [0.29, 0.717) is 36.7 Å². The Morgan fingerprint density at radius 1 is 0.659 bits per heavy atom. The number of ether oxygens (including phenoxy) is 5. The van der Waals surface area contributed by atoms with Gasteiger partial charge in [0.25, 0.3) is 0 Å². The number of rotatable bonds is 14. The Labute approximate surface area is 272 Å². The van der Waals surface area contributed by atoms with Gasteiger partial charge in [0, 0.05) is 0 Å². The van der Waals surface area contributed by atoms with E-state index in [9.17, 15) is 24.9 Å². The fourth-order valence-corrected chi connectivity index (χ4v) is 8.65. The van der Waals surface area contributed by atoms with Crippen LogP contribution in [0, 0.1) is 22.7 Å². The second kappa shape index (κ2) is 18.1. The normalized spacial score (nSPS) is 12.9. The monoisotopic (exact) mass is 682 g/mol. The van der Waals surface area contributed by atoms with Crippen molar-refractivity contribution in [3.8, 4) is 23.6 Å². The van der Waals surface area contributed by atoms with Crippen LogP contribution < -0.4 is 9.47 Å². The number of nitriles is 2. The first-order valence-corrected chi connectivity index (χ1v) is 16.9. The minimum Gasteiger partial charge on any atom is -0.462 e. The van der Waals surface area contributed by atoms with Crippen LogP contribution in [-0.2, 0) is 28.8 Å². The van der Waals surface area contributed by atoms with Gasteiger partial charge in [-0.2, -0.15) is 10.5 Å². The molecule has 0 saturated carbocycles. The first kappa shape index (κ1) is 35.5. The second-order valence-corrected chi connectivity index (χ2v) is 13.1. The molecular weight excluding hydrogens is 653 g/mol. The number of hydrogen-bond donors (Lipinski definition) is 0. The van der Waals surface area contributed by atoms with E-state index in [1.807, 2.05) is 19.9 Å². The number of hydrogen-bond acceptors (Lipinski definition) is 16. The molecule has 0 radical (unpaired) electrons. The summed E-state index contributed by atoms with van der Waals surface area (Å²) in [5.74, 6) is -0.699. The van der Waals surface area contributed by atoms with Crippen LogP contribution in [-0.4, -0.2) is 51.3 Å². The highest BCUT2D eigenvalue weighted by Crippen LogP contribution is 2.68. The molecule has 0 spiro atoms. The first-order chi connectivity index (χ1) is 21.3. The lowest BCUT2D eigenvalue weighted by atomic mass is 10.3. The lowest BCUT2D eigenvalue weighted by Crippen LogP contribution is -2.14. The van der Waals surface area contributed by atoms with E-state index in [1.165, 1.54) is 0 Å². The second-order valence-electron chi connectivity index (χ2n) is 8.53. The fraction of sp³-hybridized carbons (Fsp3) is 0.464. The molecule has 12 nitrogen and oxygen atoms in total. The molecule has 0 atom stereocenters. The van der Waals surface area contributed by atoms with Crippen LogP contribution in [0.3, 0.4) is 0 Å². The number of carbonyl (C=O) groups excluding carboxylic acids is 3. The lowest BCUT2D eigenvalue weighted by molar-refractivity contribution is -0.283. The largest absolute Gasteiger partial charge is 0.513 e. The molecule has 2 heterocycles. The molecule has 0 amide bonds. The highest BCUT2D eigenvalue weighted by molar-refractivity contribution is 8.26. The molecule has 1 aromatic rings. The van der Waals surface area contributed by atoms with E-state index in [1.54, 1.807) is 13.8 Å². The van der Waals surface area contributed by atoms with Crippen LogP contribution in [0.2, 0.25) is 0 Å². The van der Waals surface area contributed by atoms with E-state index in [4.69, 9.17) is 33.5 Å². The molecule has 0 saturated heterocycles. The molecule has 236 valence electrons. The van der Waals surface area contributed by atoms with Gasteiger partial charge in [-0.25, -0.2) is 24.2 Å². The van der Waals surface area contributed by atoms with Gasteiger partial charge in [0.1, 0.15) is 12.7 Å². The zero-order chi connectivity index (χ0) is 32.1. The first-order valence-electron chi connectivity index (χ1n) is 13.7. The number of esters is 1. The quantitative estimate of drug-likeness (QED) is 0.0273. The Morgan fingerprint density at radius 3 is 1.57 bits per heavy atom. The van der Waals surface area contributed by atoms with Crippen molar-refractivity contribution in [1.29, 1.82) is 10.5 Å². The van der Waals surface area contributed by atoms with Gasteiger partial charge in [0.15, 0.2) is 17.1 Å². The third-order valence-corrected chi connectivity index (χ3v) is 10.7. The van der Waals surface area contributed by atoms with Gasteiger partial charge >= 0.3 is 18.3 Å². The Kier molecular flexibility index (Phi) is 14.6. The Bertz CT molecular complexity index is 1350. The molecule has 2 aliphatic rings. The van der Waals surface area contributed by atoms with Crippen LogP contribution in [0.5, 0.6) is 11.5 Å². The minimum atomic E-state index is -0.965. The summed E-state index contributed by atoms with van der Waals surface area (Å²) in [6, 6.07) is 3.98. The SMILES string of the molecule is CCCCOC(=O)Oc1c2c(c(OC(=O)OCCCC)c3c1SC(=C(C#N)C(=O)OCC)S3)SC(=C(C#N)COOCC)S2. The topological polar surface area (TPSA) is 163 Å². The summed E-state index contributed by atoms with van der Waals surface area (Å²) in [4.78, 5) is 49.6. The summed E-state index contributed by atoms with van der Waals surface area (Å²) in [7, 11) is 0. The Hall–Kier alpha value is -2.99. The van der Waals surface area contributed by atoms with E-state index in [0.717, 1.165) is 59.9 Å². The number of fused-ring (bicyclic) bond motifs is 2. The van der Waals surface area contributed by atoms with Gasteiger partial charge in [-0.3, -0.25) is 0 Å². The predicted molar refractivity (Wildman–Crippen MR) is 163 cm³/mol. The number of thioether (sulfide) groups is 4. The zero-order valence-electron chi connectivity index (χ0n) is 24.5. The molecule has 0 bridgehead atoms. The molecule has 0 fully saturated rings. The molecule has 44 heavy (non-hydrogen) atoms. The zero-order valence-corrected chi connectivity index (χ0v) is 27.7. The summed E-state index contributed by atoms with van der Waals surface area (Å²) >= 11 is 4.19. The highest BCUT2D eigenvalue weighted by Gasteiger charge is 2.41. The predicted octanol–water partition coefficient (Wildman–Crippen LogP) is 7.71. The lowest BCUT2D eigenvalue weighted by Gasteiger charge is -2.16. The minimum absolute atomic E-state index is 0.0560. The molecule has 0 unspecified atom stereocenters. The van der Waals surface area contributed by atoms with Gasteiger partial charge in [-0.15, -0.1) is 0 Å². The van der Waals surface area contributed by atoms with Gasteiger partial charge in [-0.1, -0.05) is 73.7 Å². The molecular formula is C28H30N2O10S4. The van der Waals surface area contributed by atoms with Crippen molar-refractivity contribution in [1.82, 2.24) is 0 Å². The number of carbonyl (C=O) groups is 3. The Balaban J connectivity index is 2.19. The molecule has 0 aromatic heterocycles. The maximum absolute atomic E-state index is 12.8. The van der Waals surface area contributed by atoms with Gasteiger partial charge in [0.2, 0.25) is 0 Å². The summed E-state index contributed by atoms with van der Waals surface area (Å²) in [6.07, 6.45) is 0.921. The van der Waals surface area contributed by atoms with Crippen molar-refractivity contribution in [3.05, 3.63) is 19.6 Å². The van der Waals surface area contributed by atoms with Crippen molar-refractivity contribution >= 4 is 65.3 Å². The summed E-state index contributed by atoms with van der Waals surface area (Å²) in [6.45, 7) is 7.70. The molecule has 1 aromatic carbocycles. The summed E-state index contributed by atoms with van der Waals surface area (Å²) in [5, 5.41) is 19.6. The number of benzene rings is 1. The van der Waals surface area contributed by atoms with Crippen LogP contribution in [0.15, 0.2) is 39.2 Å². The molecule has 0 aliphatic carbocycles. The Morgan fingerprint density at radius 2 is 1.16 bits per heavy atom. The average molecular weight is 683 g/mol. The third-order valence-electron chi connectivity index (χ3n) is 5.40. The number of nitrogens with zero attached hydrogens (tertiary/aromatic N) is 2. The molecule has 0 N–H and O–H groups in total. The van der Waals surface area contributed by atoms with Crippen molar-refractivity contribution in [3.63, 3.8) is 0 Å². The van der Waals surface area contributed by atoms with Gasteiger partial charge in [-0.05, 0) is 26.7 Å². The smallest absolute Gasteiger partial charge is 0.462 e. The maximum Gasteiger partial charge on any atom is 0.513 e. The average Bonchev–Trinajstić information content (AvgIpc) is 3.64. The number of unbranched alkanes of at least 4 members (excludes halogenated alkanes) is 2. The highest BCUT2D eigenvalue weighted by atomic mass is 32.2. The van der Waals surface area contributed by atoms with Crippen molar-refractivity contribution in [2.24, 2.45) is 0 Å². The van der Waals surface area contributed by atoms with Crippen LogP contribution in [0.1, 0.15) is 53.4 Å². The van der Waals surface area contributed by atoms with E-state index in [-0.39, 0.29) is 59.9 Å². The third kappa shape index (κ3) is 9.03. The maximum atomic E-state index is 12.8. The van der Waals surface area contributed by atoms with E-state index < -0.39 is 18.3 Å². The summed E-state index contributed by atoms with van der Waals surface area (Å²) in [5.41, 5.74) is -0.0281.